The molecule has 0 aliphatic carbocycles. The second kappa shape index (κ2) is 8.49. The molecule has 2 aliphatic rings. The van der Waals surface area contributed by atoms with E-state index >= 15 is 0 Å². The topological polar surface area (TPSA) is 58.8 Å². The van der Waals surface area contributed by atoms with Crippen molar-refractivity contribution in [3.8, 4) is 0 Å². The summed E-state index contributed by atoms with van der Waals surface area (Å²) in [6, 6.07) is 8.20. The number of likely N-dealkylation sites (tertiary alicyclic amines) is 1. The van der Waals surface area contributed by atoms with Crippen LogP contribution in [0.25, 0.3) is 0 Å². The molecule has 2 aliphatic heterocycles. The van der Waals surface area contributed by atoms with Gasteiger partial charge in [0.25, 0.3) is 0 Å². The third kappa shape index (κ3) is 4.48. The Morgan fingerprint density at radius 2 is 1.96 bits per heavy atom. The first kappa shape index (κ1) is 17.2. The molecule has 2 N–H and O–H groups in total. The molecule has 0 radical (unpaired) electrons. The minimum absolute atomic E-state index is 0.274. The number of anilines is 1. The van der Waals surface area contributed by atoms with Gasteiger partial charge in [0.2, 0.25) is 5.91 Å². The van der Waals surface area contributed by atoms with Gasteiger partial charge in [0.05, 0.1) is 13.2 Å². The van der Waals surface area contributed by atoms with E-state index in [0.29, 0.717) is 12.5 Å². The van der Waals surface area contributed by atoms with E-state index in [1.807, 2.05) is 24.3 Å². The smallest absolute Gasteiger partial charge is 0.223 e. The van der Waals surface area contributed by atoms with Crippen LogP contribution in [-0.2, 0) is 16.0 Å². The standard InChI is InChI=1S/C19H29N3O2/c20-18-7-2-1-5-16(18)8-9-19(23)22-10-4-3-6-17(22)15-21-11-13-24-14-12-21/h1-2,5,7,17H,3-4,6,8-15,20H2. The molecule has 1 aromatic rings. The maximum Gasteiger partial charge on any atom is 0.223 e. The van der Waals surface area contributed by atoms with Crippen LogP contribution in [0.5, 0.6) is 0 Å². The summed E-state index contributed by atoms with van der Waals surface area (Å²) in [4.78, 5) is 17.3. The molecule has 3 rings (SSSR count). The summed E-state index contributed by atoms with van der Waals surface area (Å²) < 4.78 is 5.43. The molecule has 5 nitrogen and oxygen atoms in total. The van der Waals surface area contributed by atoms with Crippen LogP contribution in [-0.4, -0.2) is 61.1 Å². The summed E-state index contributed by atoms with van der Waals surface area (Å²) in [5.74, 6) is 0.274. The van der Waals surface area contributed by atoms with Gasteiger partial charge in [0.15, 0.2) is 0 Å². The molecule has 0 saturated carbocycles. The van der Waals surface area contributed by atoms with Crippen LogP contribution in [0.4, 0.5) is 5.69 Å². The first-order valence-electron chi connectivity index (χ1n) is 9.17. The Morgan fingerprint density at radius 3 is 2.75 bits per heavy atom. The van der Waals surface area contributed by atoms with Gasteiger partial charge in [-0.25, -0.2) is 0 Å². The van der Waals surface area contributed by atoms with Crippen LogP contribution in [0, 0.1) is 0 Å². The predicted molar refractivity (Wildman–Crippen MR) is 95.8 cm³/mol. The van der Waals surface area contributed by atoms with Crippen molar-refractivity contribution in [2.24, 2.45) is 0 Å². The summed E-state index contributed by atoms with van der Waals surface area (Å²) >= 11 is 0. The maximum absolute atomic E-state index is 12.8. The first-order chi connectivity index (χ1) is 11.7. The Labute approximate surface area is 144 Å². The Hall–Kier alpha value is -1.59. The van der Waals surface area contributed by atoms with Gasteiger partial charge in [-0.15, -0.1) is 0 Å². The number of rotatable bonds is 5. The summed E-state index contributed by atoms with van der Waals surface area (Å²) in [6.07, 6.45) is 4.75. The number of amides is 1. The highest BCUT2D eigenvalue weighted by Gasteiger charge is 2.28. The number of nitrogens with two attached hydrogens (primary N) is 1. The molecule has 1 atom stereocenters. The fraction of sp³-hybridized carbons (Fsp3) is 0.632. The molecule has 132 valence electrons. The summed E-state index contributed by atoms with van der Waals surface area (Å²) in [6.45, 7) is 5.49. The van der Waals surface area contributed by atoms with Gasteiger partial charge in [-0.2, -0.15) is 0 Å². The fourth-order valence-corrected chi connectivity index (χ4v) is 3.75. The van der Waals surface area contributed by atoms with E-state index in [1.165, 1.54) is 6.42 Å². The van der Waals surface area contributed by atoms with Crippen LogP contribution < -0.4 is 5.73 Å². The van der Waals surface area contributed by atoms with Gasteiger partial charge in [-0.1, -0.05) is 18.2 Å². The predicted octanol–water partition coefficient (Wildman–Crippen LogP) is 1.91. The van der Waals surface area contributed by atoms with E-state index in [4.69, 9.17) is 10.5 Å². The van der Waals surface area contributed by atoms with Crippen molar-refractivity contribution < 1.29 is 9.53 Å². The number of nitrogen functional groups attached to an aromatic ring is 1. The summed E-state index contributed by atoms with van der Waals surface area (Å²) in [5, 5.41) is 0. The zero-order chi connectivity index (χ0) is 16.8. The molecule has 2 fully saturated rings. The minimum Gasteiger partial charge on any atom is -0.399 e. The number of hydrogen-bond acceptors (Lipinski definition) is 4. The van der Waals surface area contributed by atoms with Gasteiger partial charge in [0, 0.05) is 44.3 Å². The second-order valence-corrected chi connectivity index (χ2v) is 6.85. The van der Waals surface area contributed by atoms with Crippen molar-refractivity contribution >= 4 is 11.6 Å². The number of hydrogen-bond donors (Lipinski definition) is 1. The van der Waals surface area contributed by atoms with Gasteiger partial charge >= 0.3 is 0 Å². The molecule has 0 bridgehead atoms. The zero-order valence-electron chi connectivity index (χ0n) is 14.5. The van der Waals surface area contributed by atoms with Crippen LogP contribution in [0.2, 0.25) is 0 Å². The molecule has 1 aromatic carbocycles. The normalized spacial score (nSPS) is 22.5. The van der Waals surface area contributed by atoms with E-state index in [9.17, 15) is 4.79 Å². The highest BCUT2D eigenvalue weighted by atomic mass is 16.5. The quantitative estimate of drug-likeness (QED) is 0.838. The Balaban J connectivity index is 1.55. The van der Waals surface area contributed by atoms with Crippen LogP contribution >= 0.6 is 0 Å². The molecular weight excluding hydrogens is 302 g/mol. The Bertz CT molecular complexity index is 543. The number of morpholine rings is 1. The Morgan fingerprint density at radius 1 is 1.17 bits per heavy atom. The van der Waals surface area contributed by atoms with Crippen LogP contribution in [0.3, 0.4) is 0 Å². The number of ether oxygens (including phenoxy) is 1. The van der Waals surface area contributed by atoms with E-state index in [-0.39, 0.29) is 5.91 Å². The first-order valence-corrected chi connectivity index (χ1v) is 9.17. The lowest BCUT2D eigenvalue weighted by atomic mass is 9.99. The average molecular weight is 331 g/mol. The second-order valence-electron chi connectivity index (χ2n) is 6.85. The van der Waals surface area contributed by atoms with Gasteiger partial charge in [0.1, 0.15) is 0 Å². The highest BCUT2D eigenvalue weighted by Crippen LogP contribution is 2.21. The van der Waals surface area contributed by atoms with Crippen molar-refractivity contribution in [3.05, 3.63) is 29.8 Å². The van der Waals surface area contributed by atoms with Gasteiger partial charge in [-0.3, -0.25) is 9.69 Å². The largest absolute Gasteiger partial charge is 0.399 e. The van der Waals surface area contributed by atoms with Crippen molar-refractivity contribution in [1.82, 2.24) is 9.80 Å². The average Bonchev–Trinajstić information content (AvgIpc) is 2.62. The number of aryl methyl sites for hydroxylation is 1. The summed E-state index contributed by atoms with van der Waals surface area (Å²) in [5.41, 5.74) is 7.86. The lowest BCUT2D eigenvalue weighted by molar-refractivity contribution is -0.135. The van der Waals surface area contributed by atoms with Gasteiger partial charge < -0.3 is 15.4 Å². The maximum atomic E-state index is 12.8. The molecule has 5 heteroatoms. The number of nitrogens with zero attached hydrogens (tertiary/aromatic N) is 2. The molecule has 1 unspecified atom stereocenters. The lowest BCUT2D eigenvalue weighted by Gasteiger charge is -2.39. The molecule has 1 amide bonds. The minimum atomic E-state index is 0.274. The summed E-state index contributed by atoms with van der Waals surface area (Å²) in [7, 11) is 0. The molecule has 0 spiro atoms. The molecule has 2 heterocycles. The van der Waals surface area contributed by atoms with E-state index in [1.54, 1.807) is 0 Å². The molecule has 2 saturated heterocycles. The zero-order valence-corrected chi connectivity index (χ0v) is 14.5. The number of piperidine rings is 1. The van der Waals surface area contributed by atoms with Crippen LogP contribution in [0.1, 0.15) is 31.2 Å². The Kier molecular flexibility index (Phi) is 6.10. The molecule has 24 heavy (non-hydrogen) atoms. The van der Waals surface area contributed by atoms with Crippen molar-refractivity contribution in [2.45, 2.75) is 38.1 Å². The van der Waals surface area contributed by atoms with Crippen molar-refractivity contribution in [2.75, 3.05) is 45.1 Å². The monoisotopic (exact) mass is 331 g/mol. The third-order valence-electron chi connectivity index (χ3n) is 5.18. The van der Waals surface area contributed by atoms with Crippen molar-refractivity contribution in [1.29, 1.82) is 0 Å². The van der Waals surface area contributed by atoms with Crippen molar-refractivity contribution in [3.63, 3.8) is 0 Å². The van der Waals surface area contributed by atoms with Crippen LogP contribution in [0.15, 0.2) is 24.3 Å². The van der Waals surface area contributed by atoms with Gasteiger partial charge in [-0.05, 0) is 37.3 Å². The fourth-order valence-electron chi connectivity index (χ4n) is 3.75. The SMILES string of the molecule is Nc1ccccc1CCC(=O)N1CCCCC1CN1CCOCC1. The third-order valence-corrected chi connectivity index (χ3v) is 5.18. The highest BCUT2D eigenvalue weighted by molar-refractivity contribution is 5.77. The number of carbonyl (C=O) groups is 1. The number of benzene rings is 1. The molecular formula is C19H29N3O2. The number of para-hydroxylation sites is 1. The number of carbonyl (C=O) groups excluding carboxylic acids is 1. The molecule has 0 aromatic heterocycles. The van der Waals surface area contributed by atoms with E-state index < -0.39 is 0 Å². The van der Waals surface area contributed by atoms with E-state index in [2.05, 4.69) is 9.80 Å². The van der Waals surface area contributed by atoms with E-state index in [0.717, 1.165) is 69.9 Å². The lowest BCUT2D eigenvalue weighted by Crippen LogP contribution is -2.51.